The Labute approximate surface area is 146 Å². The maximum atomic E-state index is 12.2. The molecule has 3 rings (SSSR count). The van der Waals surface area contributed by atoms with E-state index in [-0.39, 0.29) is 5.91 Å². The van der Waals surface area contributed by atoms with Gasteiger partial charge in [0.15, 0.2) is 0 Å². The molecule has 0 unspecified atom stereocenters. The summed E-state index contributed by atoms with van der Waals surface area (Å²) in [5.41, 5.74) is 9.86. The molecule has 24 heavy (non-hydrogen) atoms. The molecule has 2 aromatic rings. The van der Waals surface area contributed by atoms with E-state index in [0.29, 0.717) is 13.1 Å². The number of carbonyl (C=O) groups is 1. The predicted octanol–water partition coefficient (Wildman–Crippen LogP) is 1.95. The Balaban J connectivity index is 1.64. The number of fused-ring (bicyclic) bond motifs is 1. The Bertz CT molecular complexity index is 696. The highest BCUT2D eigenvalue weighted by molar-refractivity contribution is 7.10. The molecule has 0 bridgehead atoms. The summed E-state index contributed by atoms with van der Waals surface area (Å²) in [7, 11) is 0. The predicted molar refractivity (Wildman–Crippen MR) is 97.1 cm³/mol. The summed E-state index contributed by atoms with van der Waals surface area (Å²) >= 11 is 1.68. The Kier molecular flexibility index (Phi) is 5.60. The first kappa shape index (κ1) is 17.1. The van der Waals surface area contributed by atoms with Crippen LogP contribution in [-0.2, 0) is 25.9 Å². The summed E-state index contributed by atoms with van der Waals surface area (Å²) in [5.74, 6) is 0.00298. The summed E-state index contributed by atoms with van der Waals surface area (Å²) in [6.45, 7) is 5.83. The molecule has 2 aromatic heterocycles. The first-order chi connectivity index (χ1) is 11.7. The van der Waals surface area contributed by atoms with Gasteiger partial charge in [0.2, 0.25) is 0 Å². The molecule has 3 heterocycles. The fourth-order valence-electron chi connectivity index (χ4n) is 2.97. The van der Waals surface area contributed by atoms with Crippen LogP contribution in [0.1, 0.15) is 39.0 Å². The van der Waals surface area contributed by atoms with E-state index in [9.17, 15) is 4.79 Å². The van der Waals surface area contributed by atoms with Crippen LogP contribution in [0.25, 0.3) is 0 Å². The fraction of sp³-hybridized carbons (Fsp3) is 0.444. The molecule has 5 nitrogen and oxygen atoms in total. The zero-order valence-electron chi connectivity index (χ0n) is 14.0. The van der Waals surface area contributed by atoms with Crippen LogP contribution in [0.3, 0.4) is 0 Å². The lowest BCUT2D eigenvalue weighted by Gasteiger charge is -2.26. The van der Waals surface area contributed by atoms with Crippen molar-refractivity contribution in [3.8, 4) is 0 Å². The third-order valence-corrected chi connectivity index (χ3v) is 5.39. The molecular formula is C18H24N4OS. The molecule has 128 valence electrons. The fourth-order valence-corrected chi connectivity index (χ4v) is 4.10. The van der Waals surface area contributed by atoms with Gasteiger partial charge in [0.05, 0.1) is 11.3 Å². The monoisotopic (exact) mass is 344 g/mol. The van der Waals surface area contributed by atoms with Crippen LogP contribution < -0.4 is 11.1 Å². The first-order valence-electron chi connectivity index (χ1n) is 8.45. The van der Waals surface area contributed by atoms with Crippen molar-refractivity contribution in [2.75, 3.05) is 19.6 Å². The third-order valence-electron chi connectivity index (χ3n) is 4.38. The number of thiophene rings is 1. The van der Waals surface area contributed by atoms with Gasteiger partial charge < -0.3 is 11.1 Å². The zero-order chi connectivity index (χ0) is 16.9. The minimum atomic E-state index is 0.00298. The van der Waals surface area contributed by atoms with Crippen molar-refractivity contribution >= 4 is 17.2 Å². The van der Waals surface area contributed by atoms with Gasteiger partial charge >= 0.3 is 0 Å². The number of aryl methyl sites for hydroxylation is 1. The van der Waals surface area contributed by atoms with Gasteiger partial charge in [-0.15, -0.1) is 11.3 Å². The molecule has 1 amide bonds. The summed E-state index contributed by atoms with van der Waals surface area (Å²) in [5, 5.41) is 4.85. The van der Waals surface area contributed by atoms with Crippen LogP contribution in [0, 0.1) is 0 Å². The highest BCUT2D eigenvalue weighted by atomic mass is 32.1. The zero-order valence-corrected chi connectivity index (χ0v) is 14.9. The van der Waals surface area contributed by atoms with Crippen LogP contribution in [0.4, 0.5) is 0 Å². The Morgan fingerprint density at radius 2 is 2.33 bits per heavy atom. The number of pyridine rings is 1. The van der Waals surface area contributed by atoms with Crippen molar-refractivity contribution in [1.29, 1.82) is 0 Å². The van der Waals surface area contributed by atoms with E-state index in [2.05, 4.69) is 34.3 Å². The smallest absolute Gasteiger partial charge is 0.252 e. The van der Waals surface area contributed by atoms with Gasteiger partial charge in [-0.25, -0.2) is 0 Å². The molecule has 0 saturated carbocycles. The van der Waals surface area contributed by atoms with Gasteiger partial charge in [-0.05, 0) is 30.0 Å². The highest BCUT2D eigenvalue weighted by Crippen LogP contribution is 2.29. The van der Waals surface area contributed by atoms with E-state index in [0.717, 1.165) is 43.7 Å². The molecule has 6 heteroatoms. The topological polar surface area (TPSA) is 71.2 Å². The molecule has 0 aromatic carbocycles. The second kappa shape index (κ2) is 7.88. The molecule has 0 fully saturated rings. The van der Waals surface area contributed by atoms with Crippen LogP contribution in [0.5, 0.6) is 0 Å². The molecule has 1 aliphatic rings. The van der Waals surface area contributed by atoms with Gasteiger partial charge in [-0.3, -0.25) is 14.7 Å². The number of rotatable bonds is 6. The molecule has 0 saturated heterocycles. The number of nitrogens with zero attached hydrogens (tertiary/aromatic N) is 2. The van der Waals surface area contributed by atoms with Gasteiger partial charge in [0.1, 0.15) is 0 Å². The first-order valence-corrected chi connectivity index (χ1v) is 9.33. The van der Waals surface area contributed by atoms with Crippen molar-refractivity contribution in [1.82, 2.24) is 15.2 Å². The van der Waals surface area contributed by atoms with E-state index in [4.69, 9.17) is 5.73 Å². The van der Waals surface area contributed by atoms with Crippen molar-refractivity contribution in [2.45, 2.75) is 32.9 Å². The lowest BCUT2D eigenvalue weighted by molar-refractivity contribution is 0.0953. The lowest BCUT2D eigenvalue weighted by Crippen LogP contribution is -2.32. The summed E-state index contributed by atoms with van der Waals surface area (Å²) in [6.07, 6.45) is 3.90. The van der Waals surface area contributed by atoms with Crippen molar-refractivity contribution < 1.29 is 4.79 Å². The normalized spacial score (nSPS) is 14.4. The van der Waals surface area contributed by atoms with E-state index < -0.39 is 0 Å². The number of aromatic nitrogens is 1. The van der Waals surface area contributed by atoms with Gasteiger partial charge in [-0.2, -0.15) is 0 Å². The third kappa shape index (κ3) is 3.83. The number of carbonyl (C=O) groups excluding carboxylic acids is 1. The Hall–Kier alpha value is -1.76. The second-order valence-corrected chi connectivity index (χ2v) is 7.03. The summed E-state index contributed by atoms with van der Waals surface area (Å²) in [4.78, 5) is 20.4. The second-order valence-electron chi connectivity index (χ2n) is 6.07. The number of amides is 1. The molecule has 3 N–H and O–H groups in total. The van der Waals surface area contributed by atoms with E-state index in [1.54, 1.807) is 11.3 Å². The number of hydrogen-bond donors (Lipinski definition) is 2. The molecule has 0 spiro atoms. The quantitative estimate of drug-likeness (QED) is 0.840. The standard InChI is InChI=1S/C18H24N4OS/c1-2-13-3-4-14(21-9-13)10-22-8-5-15-16(12-24-17(15)11-22)18(23)20-7-6-19/h3-4,9,12H,2,5-8,10-11,19H2,1H3,(H,20,23). The average Bonchev–Trinajstić information content (AvgIpc) is 3.03. The average molecular weight is 344 g/mol. The molecular weight excluding hydrogens is 320 g/mol. The molecule has 0 atom stereocenters. The van der Waals surface area contributed by atoms with Crippen LogP contribution in [-0.4, -0.2) is 35.4 Å². The van der Waals surface area contributed by atoms with Gasteiger partial charge in [-0.1, -0.05) is 13.0 Å². The minimum Gasteiger partial charge on any atom is -0.351 e. The summed E-state index contributed by atoms with van der Waals surface area (Å²) in [6, 6.07) is 4.28. The number of hydrogen-bond acceptors (Lipinski definition) is 5. The number of nitrogens with two attached hydrogens (primary N) is 1. The molecule has 0 radical (unpaired) electrons. The van der Waals surface area contributed by atoms with Crippen LogP contribution in [0.15, 0.2) is 23.7 Å². The van der Waals surface area contributed by atoms with E-state index in [1.807, 2.05) is 11.6 Å². The van der Waals surface area contributed by atoms with E-state index in [1.165, 1.54) is 16.0 Å². The molecule has 0 aliphatic carbocycles. The van der Waals surface area contributed by atoms with Crippen LogP contribution in [0.2, 0.25) is 0 Å². The van der Waals surface area contributed by atoms with Crippen molar-refractivity contribution in [3.05, 3.63) is 51.0 Å². The largest absolute Gasteiger partial charge is 0.351 e. The number of nitrogens with one attached hydrogen (secondary N) is 1. The van der Waals surface area contributed by atoms with Crippen LogP contribution >= 0.6 is 11.3 Å². The highest BCUT2D eigenvalue weighted by Gasteiger charge is 2.23. The van der Waals surface area contributed by atoms with Crippen molar-refractivity contribution in [2.24, 2.45) is 5.73 Å². The SMILES string of the molecule is CCc1ccc(CN2CCc3c(C(=O)NCCN)csc3C2)nc1. The molecule has 1 aliphatic heterocycles. The lowest BCUT2D eigenvalue weighted by atomic mass is 10.0. The van der Waals surface area contributed by atoms with Gasteiger partial charge in [0.25, 0.3) is 5.91 Å². The Morgan fingerprint density at radius 1 is 1.46 bits per heavy atom. The van der Waals surface area contributed by atoms with Gasteiger partial charge in [0, 0.05) is 49.2 Å². The van der Waals surface area contributed by atoms with E-state index >= 15 is 0 Å². The summed E-state index contributed by atoms with van der Waals surface area (Å²) < 4.78 is 0. The maximum Gasteiger partial charge on any atom is 0.252 e. The maximum absolute atomic E-state index is 12.2. The Morgan fingerprint density at radius 3 is 3.04 bits per heavy atom. The van der Waals surface area contributed by atoms with Crippen molar-refractivity contribution in [3.63, 3.8) is 0 Å². The minimum absolute atomic E-state index is 0.00298.